The molecule has 5 nitrogen and oxygen atoms in total. The van der Waals surface area contributed by atoms with Gasteiger partial charge in [0.1, 0.15) is 15.8 Å². The second-order valence-electron chi connectivity index (χ2n) is 6.60. The Morgan fingerprint density at radius 3 is 2.88 bits per heavy atom. The number of nitrogens with zero attached hydrogens (tertiary/aromatic N) is 1. The molecular weight excluding hydrogens is 358 g/mol. The molecule has 2 aliphatic rings. The normalized spacial score (nSPS) is 24.4. The van der Waals surface area contributed by atoms with Crippen LogP contribution in [0.3, 0.4) is 0 Å². The topological polar surface area (TPSA) is 70.8 Å². The van der Waals surface area contributed by atoms with Gasteiger partial charge in [0.25, 0.3) is 5.91 Å². The summed E-state index contributed by atoms with van der Waals surface area (Å²) >= 11 is 6.60. The van der Waals surface area contributed by atoms with Gasteiger partial charge in [-0.15, -0.1) is 0 Å². The van der Waals surface area contributed by atoms with E-state index < -0.39 is 5.97 Å². The number of hydrogen-bond donors (Lipinski definition) is 1. The molecule has 134 valence electrons. The molecule has 7 heteroatoms. The number of thioether (sulfide) groups is 1. The van der Waals surface area contributed by atoms with Crippen LogP contribution in [0.1, 0.15) is 56.5 Å². The Morgan fingerprint density at radius 1 is 1.44 bits per heavy atom. The molecule has 1 aliphatic heterocycles. The van der Waals surface area contributed by atoms with Crippen LogP contribution < -0.4 is 0 Å². The number of unbranched alkanes of at least 4 members (excludes halogenated alkanes) is 2. The highest BCUT2D eigenvalue weighted by molar-refractivity contribution is 8.26. The van der Waals surface area contributed by atoms with Crippen molar-refractivity contribution in [2.75, 3.05) is 6.54 Å². The average molecular weight is 380 g/mol. The summed E-state index contributed by atoms with van der Waals surface area (Å²) in [5.74, 6) is 2.00. The summed E-state index contributed by atoms with van der Waals surface area (Å²) in [6.07, 6.45) is 5.23. The fraction of sp³-hybridized carbons (Fsp3) is 0.500. The maximum absolute atomic E-state index is 12.5. The summed E-state index contributed by atoms with van der Waals surface area (Å²) in [6.45, 7) is 2.74. The molecule has 1 saturated carbocycles. The van der Waals surface area contributed by atoms with Gasteiger partial charge in [0.05, 0.1) is 4.91 Å². The lowest BCUT2D eigenvalue weighted by atomic mass is 10.2. The van der Waals surface area contributed by atoms with Crippen molar-refractivity contribution in [1.29, 1.82) is 0 Å². The highest BCUT2D eigenvalue weighted by Crippen LogP contribution is 2.47. The highest BCUT2D eigenvalue weighted by atomic mass is 32.2. The number of thiocarbonyl (C=S) groups is 1. The molecule has 1 aromatic heterocycles. The molecule has 2 atom stereocenters. The third-order valence-electron chi connectivity index (χ3n) is 4.54. The molecule has 0 aromatic carbocycles. The van der Waals surface area contributed by atoms with Gasteiger partial charge in [-0.25, -0.2) is 0 Å². The minimum Gasteiger partial charge on any atom is -0.481 e. The summed E-state index contributed by atoms with van der Waals surface area (Å²) in [5, 5.41) is 8.63. The maximum atomic E-state index is 12.5. The Morgan fingerprint density at radius 2 is 2.20 bits per heavy atom. The summed E-state index contributed by atoms with van der Waals surface area (Å²) in [7, 11) is 0. The number of furan rings is 1. The first-order valence-corrected chi connectivity index (χ1v) is 9.75. The van der Waals surface area contributed by atoms with Gasteiger partial charge in [-0.3, -0.25) is 14.5 Å². The fourth-order valence-electron chi connectivity index (χ4n) is 2.91. The van der Waals surface area contributed by atoms with Crippen molar-refractivity contribution in [3.8, 4) is 0 Å². The second-order valence-corrected chi connectivity index (χ2v) is 8.27. The van der Waals surface area contributed by atoms with Crippen molar-refractivity contribution in [2.24, 2.45) is 5.92 Å². The van der Waals surface area contributed by atoms with Crippen LogP contribution in [0.25, 0.3) is 6.08 Å². The first-order chi connectivity index (χ1) is 12.0. The lowest BCUT2D eigenvalue weighted by Crippen LogP contribution is -2.29. The standard InChI is InChI=1S/C18H21NO4S2/c1-11-9-13(11)14-7-6-12(23-14)10-15-17(22)19(18(24)25-15)8-4-2-3-5-16(20)21/h6-7,10-11,13H,2-5,8-9H2,1H3,(H,20,21)/b15-10-/t11-,13-/m1/s1. The first kappa shape index (κ1) is 18.2. The molecule has 2 fully saturated rings. The maximum Gasteiger partial charge on any atom is 0.303 e. The number of carboxylic acids is 1. The first-order valence-electron chi connectivity index (χ1n) is 8.52. The summed E-state index contributed by atoms with van der Waals surface area (Å²) in [4.78, 5) is 25.2. The average Bonchev–Trinajstić information content (AvgIpc) is 3.00. The minimum atomic E-state index is -0.785. The van der Waals surface area contributed by atoms with E-state index in [9.17, 15) is 9.59 Å². The van der Waals surface area contributed by atoms with Gasteiger partial charge < -0.3 is 9.52 Å². The van der Waals surface area contributed by atoms with Crippen LogP contribution in [0.4, 0.5) is 0 Å². The van der Waals surface area contributed by atoms with Crippen molar-refractivity contribution < 1.29 is 19.1 Å². The van der Waals surface area contributed by atoms with Gasteiger partial charge >= 0.3 is 5.97 Å². The largest absolute Gasteiger partial charge is 0.481 e. The quantitative estimate of drug-likeness (QED) is 0.414. The van der Waals surface area contributed by atoms with Crippen LogP contribution in [-0.4, -0.2) is 32.7 Å². The fourth-order valence-corrected chi connectivity index (χ4v) is 4.20. The zero-order valence-electron chi connectivity index (χ0n) is 14.1. The number of amides is 1. The van der Waals surface area contributed by atoms with Crippen LogP contribution >= 0.6 is 24.0 Å². The minimum absolute atomic E-state index is 0.0917. The molecular formula is C18H21NO4S2. The van der Waals surface area contributed by atoms with E-state index >= 15 is 0 Å². The Balaban J connectivity index is 1.55. The van der Waals surface area contributed by atoms with E-state index in [1.54, 1.807) is 11.0 Å². The van der Waals surface area contributed by atoms with E-state index in [1.807, 2.05) is 12.1 Å². The number of carbonyl (C=O) groups is 2. The SMILES string of the molecule is C[C@@H]1C[C@H]1c1ccc(/C=C2\SC(=S)N(CCCCCC(=O)O)C2=O)o1. The number of carboxylic acid groups (broad SMARTS) is 1. The number of hydrogen-bond acceptors (Lipinski definition) is 5. The number of aliphatic carboxylic acids is 1. The van der Waals surface area contributed by atoms with E-state index in [-0.39, 0.29) is 12.3 Å². The van der Waals surface area contributed by atoms with E-state index in [0.717, 1.165) is 25.0 Å². The molecule has 0 radical (unpaired) electrons. The van der Waals surface area contributed by atoms with Crippen molar-refractivity contribution in [3.63, 3.8) is 0 Å². The Labute approximate surface area is 156 Å². The van der Waals surface area contributed by atoms with Crippen LogP contribution in [0.2, 0.25) is 0 Å². The highest BCUT2D eigenvalue weighted by Gasteiger charge is 2.37. The molecule has 0 unspecified atom stereocenters. The van der Waals surface area contributed by atoms with Gasteiger partial charge in [0.15, 0.2) is 0 Å². The Hall–Kier alpha value is -1.60. The van der Waals surface area contributed by atoms with Crippen LogP contribution in [0, 0.1) is 5.92 Å². The lowest BCUT2D eigenvalue weighted by Gasteiger charge is -2.13. The summed E-state index contributed by atoms with van der Waals surface area (Å²) in [5.41, 5.74) is 0. The molecule has 1 aromatic rings. The van der Waals surface area contributed by atoms with Gasteiger partial charge in [0.2, 0.25) is 0 Å². The molecule has 1 amide bonds. The lowest BCUT2D eigenvalue weighted by molar-refractivity contribution is -0.137. The molecule has 25 heavy (non-hydrogen) atoms. The van der Waals surface area contributed by atoms with Crippen molar-refractivity contribution >= 4 is 46.3 Å². The molecule has 1 aliphatic carbocycles. The van der Waals surface area contributed by atoms with Gasteiger partial charge in [-0.1, -0.05) is 37.3 Å². The van der Waals surface area contributed by atoms with Crippen LogP contribution in [0.5, 0.6) is 0 Å². The van der Waals surface area contributed by atoms with E-state index in [0.29, 0.717) is 39.8 Å². The van der Waals surface area contributed by atoms with Gasteiger partial charge in [-0.05, 0) is 37.3 Å². The van der Waals surface area contributed by atoms with Gasteiger partial charge in [-0.2, -0.15) is 0 Å². The molecule has 0 bridgehead atoms. The second kappa shape index (κ2) is 7.74. The molecule has 2 heterocycles. The predicted molar refractivity (Wildman–Crippen MR) is 101 cm³/mol. The third-order valence-corrected chi connectivity index (χ3v) is 5.92. The molecule has 1 saturated heterocycles. The van der Waals surface area contributed by atoms with Crippen molar-refractivity contribution in [2.45, 2.75) is 44.9 Å². The zero-order valence-corrected chi connectivity index (χ0v) is 15.7. The smallest absolute Gasteiger partial charge is 0.303 e. The molecule has 0 spiro atoms. The Bertz CT molecular complexity index is 724. The zero-order chi connectivity index (χ0) is 18.0. The van der Waals surface area contributed by atoms with Crippen molar-refractivity contribution in [3.05, 3.63) is 28.6 Å². The summed E-state index contributed by atoms with van der Waals surface area (Å²) < 4.78 is 6.39. The molecule has 3 rings (SSSR count). The van der Waals surface area contributed by atoms with Crippen LogP contribution in [0.15, 0.2) is 21.5 Å². The Kier molecular flexibility index (Phi) is 5.64. The monoisotopic (exact) mass is 379 g/mol. The molecule has 1 N–H and O–H groups in total. The number of carbonyl (C=O) groups excluding carboxylic acids is 1. The predicted octanol–water partition coefficient (Wildman–Crippen LogP) is 4.25. The van der Waals surface area contributed by atoms with E-state index in [2.05, 4.69) is 6.92 Å². The number of rotatable bonds is 8. The summed E-state index contributed by atoms with van der Waals surface area (Å²) in [6, 6.07) is 3.89. The van der Waals surface area contributed by atoms with Gasteiger partial charge in [0, 0.05) is 25.0 Å². The van der Waals surface area contributed by atoms with E-state index in [1.165, 1.54) is 11.8 Å². The van der Waals surface area contributed by atoms with Crippen LogP contribution in [-0.2, 0) is 9.59 Å². The third kappa shape index (κ3) is 4.52. The van der Waals surface area contributed by atoms with E-state index in [4.69, 9.17) is 21.7 Å². The van der Waals surface area contributed by atoms with Crippen molar-refractivity contribution in [1.82, 2.24) is 4.90 Å².